The number of hydrogen-bond acceptors (Lipinski definition) is 3. The molecule has 0 atom stereocenters. The fourth-order valence-corrected chi connectivity index (χ4v) is 3.31. The molecular formula is C19H29N3O2. The van der Waals surface area contributed by atoms with Gasteiger partial charge in [0.1, 0.15) is 0 Å². The van der Waals surface area contributed by atoms with Crippen LogP contribution in [0.3, 0.4) is 0 Å². The molecule has 2 N–H and O–H groups in total. The molecule has 0 spiro atoms. The molecule has 0 heterocycles. The number of amides is 2. The van der Waals surface area contributed by atoms with E-state index >= 15 is 0 Å². The summed E-state index contributed by atoms with van der Waals surface area (Å²) in [5.74, 6) is 0.282. The van der Waals surface area contributed by atoms with Crippen LogP contribution in [0.25, 0.3) is 0 Å². The summed E-state index contributed by atoms with van der Waals surface area (Å²) in [5, 5.41) is 0. The molecule has 0 aromatic heterocycles. The highest BCUT2D eigenvalue weighted by molar-refractivity contribution is 5.95. The third kappa shape index (κ3) is 5.25. The second-order valence-corrected chi connectivity index (χ2v) is 6.41. The largest absolute Gasteiger partial charge is 0.372 e. The van der Waals surface area contributed by atoms with E-state index < -0.39 is 0 Å². The predicted molar refractivity (Wildman–Crippen MR) is 96.8 cm³/mol. The van der Waals surface area contributed by atoms with Crippen LogP contribution in [0.1, 0.15) is 62.7 Å². The minimum atomic E-state index is -0.282. The average molecular weight is 331 g/mol. The number of hydrogen-bond donors (Lipinski definition) is 2. The molecule has 1 aromatic rings. The van der Waals surface area contributed by atoms with Gasteiger partial charge in [-0.2, -0.15) is 0 Å². The highest BCUT2D eigenvalue weighted by Gasteiger charge is 2.16. The van der Waals surface area contributed by atoms with E-state index in [9.17, 15) is 9.59 Å². The van der Waals surface area contributed by atoms with Gasteiger partial charge < -0.3 is 4.90 Å². The van der Waals surface area contributed by atoms with Gasteiger partial charge >= 0.3 is 0 Å². The smallest absolute Gasteiger partial charge is 0.269 e. The van der Waals surface area contributed by atoms with E-state index in [4.69, 9.17) is 0 Å². The Kier molecular flexibility index (Phi) is 7.09. The van der Waals surface area contributed by atoms with Crippen LogP contribution in [0.4, 0.5) is 5.69 Å². The molecule has 5 nitrogen and oxygen atoms in total. The molecule has 132 valence electrons. The van der Waals surface area contributed by atoms with E-state index in [2.05, 4.69) is 29.6 Å². The van der Waals surface area contributed by atoms with Gasteiger partial charge in [0.05, 0.1) is 0 Å². The molecule has 2 rings (SSSR count). The van der Waals surface area contributed by atoms with E-state index in [0.29, 0.717) is 17.9 Å². The summed E-state index contributed by atoms with van der Waals surface area (Å²) in [7, 11) is 0. The van der Waals surface area contributed by atoms with Crippen molar-refractivity contribution in [3.63, 3.8) is 0 Å². The van der Waals surface area contributed by atoms with Crippen LogP contribution >= 0.6 is 0 Å². The number of nitrogens with zero attached hydrogens (tertiary/aromatic N) is 1. The first-order valence-corrected chi connectivity index (χ1v) is 9.08. The van der Waals surface area contributed by atoms with Crippen LogP contribution in [0.5, 0.6) is 0 Å². The average Bonchev–Trinajstić information content (AvgIpc) is 3.13. The minimum Gasteiger partial charge on any atom is -0.372 e. The number of anilines is 1. The minimum absolute atomic E-state index is 0.116. The zero-order chi connectivity index (χ0) is 17.4. The van der Waals surface area contributed by atoms with Crippen LogP contribution < -0.4 is 15.8 Å². The van der Waals surface area contributed by atoms with Crippen LogP contribution in [0.2, 0.25) is 0 Å². The van der Waals surface area contributed by atoms with Gasteiger partial charge in [-0.25, -0.2) is 0 Å². The van der Waals surface area contributed by atoms with Crippen LogP contribution in [0, 0.1) is 5.92 Å². The number of carbonyl (C=O) groups is 2. The normalized spacial score (nSPS) is 14.4. The standard InChI is InChI=1S/C19H29N3O2/c1-3-22(4-2)17-12-10-16(11-13-17)19(24)21-20-18(23)14-9-15-7-5-6-8-15/h10-13,15H,3-9,14H2,1-2H3,(H,20,23)(H,21,24). The molecule has 2 amide bonds. The van der Waals surface area contributed by atoms with Crippen molar-refractivity contribution in [3.8, 4) is 0 Å². The first kappa shape index (κ1) is 18.3. The van der Waals surface area contributed by atoms with Crippen LogP contribution in [0.15, 0.2) is 24.3 Å². The molecule has 0 radical (unpaired) electrons. The molecule has 0 bridgehead atoms. The molecular weight excluding hydrogens is 302 g/mol. The molecule has 1 fully saturated rings. The van der Waals surface area contributed by atoms with Gasteiger partial charge in [0.25, 0.3) is 5.91 Å². The predicted octanol–water partition coefficient (Wildman–Crippen LogP) is 3.26. The van der Waals surface area contributed by atoms with Crippen molar-refractivity contribution in [1.82, 2.24) is 10.9 Å². The maximum atomic E-state index is 12.1. The van der Waals surface area contributed by atoms with E-state index in [-0.39, 0.29) is 11.8 Å². The lowest BCUT2D eigenvalue weighted by Gasteiger charge is -2.21. The quantitative estimate of drug-likeness (QED) is 0.754. The summed E-state index contributed by atoms with van der Waals surface area (Å²) in [6.45, 7) is 6.06. The second kappa shape index (κ2) is 9.30. The van der Waals surface area contributed by atoms with Crippen molar-refractivity contribution in [2.45, 2.75) is 52.4 Å². The summed E-state index contributed by atoms with van der Waals surface area (Å²) >= 11 is 0. The monoisotopic (exact) mass is 331 g/mol. The van der Waals surface area contributed by atoms with E-state index in [1.165, 1.54) is 25.7 Å². The lowest BCUT2D eigenvalue weighted by molar-refractivity contribution is -0.122. The maximum absolute atomic E-state index is 12.1. The van der Waals surface area contributed by atoms with Gasteiger partial charge in [0.15, 0.2) is 0 Å². The first-order valence-electron chi connectivity index (χ1n) is 9.08. The third-order valence-corrected chi connectivity index (χ3v) is 4.83. The number of hydrazine groups is 1. The Morgan fingerprint density at radius 2 is 1.67 bits per heavy atom. The Morgan fingerprint density at radius 3 is 2.25 bits per heavy atom. The zero-order valence-electron chi connectivity index (χ0n) is 14.8. The van der Waals surface area contributed by atoms with Crippen LogP contribution in [-0.4, -0.2) is 24.9 Å². The summed E-state index contributed by atoms with van der Waals surface area (Å²) < 4.78 is 0. The second-order valence-electron chi connectivity index (χ2n) is 6.41. The van der Waals surface area contributed by atoms with E-state index in [1.54, 1.807) is 12.1 Å². The topological polar surface area (TPSA) is 61.4 Å². The van der Waals surface area contributed by atoms with Crippen LogP contribution in [-0.2, 0) is 4.79 Å². The Labute approximate surface area is 144 Å². The Balaban J connectivity index is 1.76. The molecule has 1 aliphatic rings. The van der Waals surface area contributed by atoms with Crippen molar-refractivity contribution < 1.29 is 9.59 Å². The van der Waals surface area contributed by atoms with Gasteiger partial charge in [-0.3, -0.25) is 20.4 Å². The van der Waals surface area contributed by atoms with Gasteiger partial charge in [-0.05, 0) is 50.5 Å². The lowest BCUT2D eigenvalue weighted by Crippen LogP contribution is -2.41. The number of carbonyl (C=O) groups excluding carboxylic acids is 2. The molecule has 1 aliphatic carbocycles. The number of rotatable bonds is 7. The van der Waals surface area contributed by atoms with Crippen molar-refractivity contribution in [2.75, 3.05) is 18.0 Å². The Hall–Kier alpha value is -2.04. The highest BCUT2D eigenvalue weighted by atomic mass is 16.2. The van der Waals surface area contributed by atoms with Crippen molar-refractivity contribution in [1.29, 1.82) is 0 Å². The summed E-state index contributed by atoms with van der Waals surface area (Å²) in [6, 6.07) is 7.44. The molecule has 1 aromatic carbocycles. The fraction of sp³-hybridized carbons (Fsp3) is 0.579. The van der Waals surface area contributed by atoms with Gasteiger partial charge in [-0.15, -0.1) is 0 Å². The van der Waals surface area contributed by atoms with Crippen molar-refractivity contribution in [3.05, 3.63) is 29.8 Å². The fourth-order valence-electron chi connectivity index (χ4n) is 3.31. The third-order valence-electron chi connectivity index (χ3n) is 4.83. The van der Waals surface area contributed by atoms with E-state index in [1.807, 2.05) is 12.1 Å². The maximum Gasteiger partial charge on any atom is 0.269 e. The summed E-state index contributed by atoms with van der Waals surface area (Å²) in [5.41, 5.74) is 6.65. The summed E-state index contributed by atoms with van der Waals surface area (Å²) in [4.78, 5) is 26.1. The van der Waals surface area contributed by atoms with Gasteiger partial charge in [-0.1, -0.05) is 25.7 Å². The van der Waals surface area contributed by atoms with Gasteiger partial charge in [0, 0.05) is 30.8 Å². The molecule has 5 heteroatoms. The first-order chi connectivity index (χ1) is 11.6. The molecule has 0 saturated heterocycles. The van der Waals surface area contributed by atoms with Crippen molar-refractivity contribution >= 4 is 17.5 Å². The summed E-state index contributed by atoms with van der Waals surface area (Å²) in [6.07, 6.45) is 6.43. The molecule has 0 unspecified atom stereocenters. The van der Waals surface area contributed by atoms with Gasteiger partial charge in [0.2, 0.25) is 5.91 Å². The number of nitrogens with one attached hydrogen (secondary N) is 2. The number of benzene rings is 1. The van der Waals surface area contributed by atoms with E-state index in [0.717, 1.165) is 25.2 Å². The lowest BCUT2D eigenvalue weighted by atomic mass is 10.0. The molecule has 0 aliphatic heterocycles. The molecule has 24 heavy (non-hydrogen) atoms. The Morgan fingerprint density at radius 1 is 1.04 bits per heavy atom. The SMILES string of the molecule is CCN(CC)c1ccc(C(=O)NNC(=O)CCC2CCCC2)cc1. The Bertz CT molecular complexity index is 532. The van der Waals surface area contributed by atoms with Crippen molar-refractivity contribution in [2.24, 2.45) is 5.92 Å². The molecule has 1 saturated carbocycles. The highest BCUT2D eigenvalue weighted by Crippen LogP contribution is 2.28. The zero-order valence-corrected chi connectivity index (χ0v) is 14.8.